The van der Waals surface area contributed by atoms with Crippen molar-refractivity contribution in [1.29, 1.82) is 0 Å². The van der Waals surface area contributed by atoms with Crippen molar-refractivity contribution in [2.24, 2.45) is 0 Å². The molecule has 8 heteroatoms. The van der Waals surface area contributed by atoms with Crippen molar-refractivity contribution < 1.29 is 27.4 Å². The minimum absolute atomic E-state index is 0.0889. The van der Waals surface area contributed by atoms with E-state index < -0.39 is 29.0 Å². The molecule has 0 aliphatic heterocycles. The number of anilines is 1. The molecule has 0 saturated carbocycles. The molecule has 1 amide bonds. The molecule has 23 heavy (non-hydrogen) atoms. The molecule has 1 N–H and O–H groups in total. The monoisotopic (exact) mass is 389 g/mol. The third-order valence-electron chi connectivity index (χ3n) is 2.97. The lowest BCUT2D eigenvalue weighted by Crippen LogP contribution is -2.14. The van der Waals surface area contributed by atoms with Crippen LogP contribution in [0.1, 0.15) is 10.4 Å². The summed E-state index contributed by atoms with van der Waals surface area (Å²) >= 11 is 3.25. The quantitative estimate of drug-likeness (QED) is 0.799. The van der Waals surface area contributed by atoms with Crippen LogP contribution >= 0.6 is 15.9 Å². The summed E-state index contributed by atoms with van der Waals surface area (Å²) in [5.41, 5.74) is -0.388. The highest BCUT2D eigenvalue weighted by atomic mass is 79.9. The van der Waals surface area contributed by atoms with Gasteiger partial charge in [0.05, 0.1) is 19.9 Å². The second kappa shape index (κ2) is 6.91. The normalized spacial score (nSPS) is 10.3. The first-order valence-corrected chi connectivity index (χ1v) is 7.04. The average molecular weight is 390 g/mol. The van der Waals surface area contributed by atoms with Crippen LogP contribution in [0.15, 0.2) is 28.7 Å². The second-order valence-corrected chi connectivity index (χ2v) is 5.19. The van der Waals surface area contributed by atoms with E-state index in [-0.39, 0.29) is 5.56 Å². The SMILES string of the molecule is COc1cc(C(=O)Nc2cc(F)c(F)cc2F)cc(OC)c1Br. The van der Waals surface area contributed by atoms with Gasteiger partial charge in [0.15, 0.2) is 11.6 Å². The first-order valence-electron chi connectivity index (χ1n) is 6.24. The molecule has 0 fully saturated rings. The molecule has 0 bridgehead atoms. The Kier molecular flexibility index (Phi) is 5.15. The number of amides is 1. The number of hydrogen-bond donors (Lipinski definition) is 1. The van der Waals surface area contributed by atoms with Crippen LogP contribution in [0.2, 0.25) is 0 Å². The summed E-state index contributed by atoms with van der Waals surface area (Å²) in [6, 6.07) is 3.70. The van der Waals surface area contributed by atoms with Gasteiger partial charge >= 0.3 is 0 Å². The zero-order valence-corrected chi connectivity index (χ0v) is 13.6. The Balaban J connectivity index is 2.36. The average Bonchev–Trinajstić information content (AvgIpc) is 2.52. The molecule has 122 valence electrons. The van der Waals surface area contributed by atoms with Crippen molar-refractivity contribution in [2.75, 3.05) is 19.5 Å². The van der Waals surface area contributed by atoms with E-state index in [1.54, 1.807) is 0 Å². The molecule has 0 radical (unpaired) electrons. The summed E-state index contributed by atoms with van der Waals surface area (Å²) in [5.74, 6) is -3.80. The van der Waals surface area contributed by atoms with Gasteiger partial charge in [0.25, 0.3) is 5.91 Å². The molecule has 0 aromatic heterocycles. The van der Waals surface area contributed by atoms with Gasteiger partial charge in [-0.05, 0) is 28.1 Å². The van der Waals surface area contributed by atoms with Gasteiger partial charge in [0.1, 0.15) is 21.8 Å². The van der Waals surface area contributed by atoms with E-state index in [4.69, 9.17) is 9.47 Å². The van der Waals surface area contributed by atoms with Crippen LogP contribution in [0.25, 0.3) is 0 Å². The Morgan fingerprint density at radius 3 is 2.00 bits per heavy atom. The number of benzene rings is 2. The standard InChI is InChI=1S/C15H11BrF3NO3/c1-22-12-3-7(4-13(23-2)14(12)16)15(21)20-11-6-9(18)8(17)5-10(11)19/h3-6H,1-2H3,(H,20,21). The van der Waals surface area contributed by atoms with Crippen LogP contribution in [0, 0.1) is 17.5 Å². The van der Waals surface area contributed by atoms with Gasteiger partial charge in [0.2, 0.25) is 0 Å². The lowest BCUT2D eigenvalue weighted by Gasteiger charge is -2.12. The number of rotatable bonds is 4. The molecule has 2 aromatic carbocycles. The fourth-order valence-electron chi connectivity index (χ4n) is 1.81. The maximum Gasteiger partial charge on any atom is 0.256 e. The number of halogens is 4. The summed E-state index contributed by atoms with van der Waals surface area (Å²) in [4.78, 5) is 12.2. The molecule has 0 unspecified atom stereocenters. The Labute approximate surface area is 138 Å². The second-order valence-electron chi connectivity index (χ2n) is 4.40. The van der Waals surface area contributed by atoms with Crippen molar-refractivity contribution in [3.05, 3.63) is 51.8 Å². The molecule has 0 saturated heterocycles. The van der Waals surface area contributed by atoms with E-state index in [0.717, 1.165) is 0 Å². The fourth-order valence-corrected chi connectivity index (χ4v) is 2.37. The third kappa shape index (κ3) is 3.58. The van der Waals surface area contributed by atoms with E-state index in [2.05, 4.69) is 21.2 Å². The van der Waals surface area contributed by atoms with Crippen molar-refractivity contribution in [2.45, 2.75) is 0 Å². The van der Waals surface area contributed by atoms with Gasteiger partial charge in [-0.2, -0.15) is 0 Å². The van der Waals surface area contributed by atoms with Gasteiger partial charge in [-0.3, -0.25) is 4.79 Å². The Morgan fingerprint density at radius 1 is 0.957 bits per heavy atom. The summed E-state index contributed by atoms with van der Waals surface area (Å²) < 4.78 is 50.3. The molecule has 2 aromatic rings. The van der Waals surface area contributed by atoms with Gasteiger partial charge in [0, 0.05) is 17.7 Å². The Bertz CT molecular complexity index is 743. The Hall–Kier alpha value is -2.22. The summed E-state index contributed by atoms with van der Waals surface area (Å²) in [5, 5.41) is 2.17. The number of carbonyl (C=O) groups is 1. The fraction of sp³-hybridized carbons (Fsp3) is 0.133. The third-order valence-corrected chi connectivity index (χ3v) is 3.75. The van der Waals surface area contributed by atoms with Gasteiger partial charge in [-0.15, -0.1) is 0 Å². The zero-order valence-electron chi connectivity index (χ0n) is 12.0. The van der Waals surface area contributed by atoms with E-state index >= 15 is 0 Å². The zero-order chi connectivity index (χ0) is 17.1. The predicted octanol–water partition coefficient (Wildman–Crippen LogP) is 4.14. The van der Waals surface area contributed by atoms with E-state index in [0.29, 0.717) is 28.1 Å². The summed E-state index contributed by atoms with van der Waals surface area (Å²) in [7, 11) is 2.80. The van der Waals surface area contributed by atoms with E-state index in [9.17, 15) is 18.0 Å². The van der Waals surface area contributed by atoms with Crippen LogP contribution in [0.5, 0.6) is 11.5 Å². The molecule has 0 spiro atoms. The lowest BCUT2D eigenvalue weighted by atomic mass is 10.1. The molecule has 0 heterocycles. The minimum Gasteiger partial charge on any atom is -0.495 e. The predicted molar refractivity (Wildman–Crippen MR) is 81.5 cm³/mol. The van der Waals surface area contributed by atoms with Crippen molar-refractivity contribution >= 4 is 27.5 Å². The van der Waals surface area contributed by atoms with Gasteiger partial charge in [-0.1, -0.05) is 0 Å². The molecule has 0 aliphatic rings. The number of methoxy groups -OCH3 is 2. The van der Waals surface area contributed by atoms with Gasteiger partial charge < -0.3 is 14.8 Å². The van der Waals surface area contributed by atoms with E-state index in [1.807, 2.05) is 0 Å². The highest BCUT2D eigenvalue weighted by Crippen LogP contribution is 2.35. The highest BCUT2D eigenvalue weighted by Gasteiger charge is 2.17. The van der Waals surface area contributed by atoms with Gasteiger partial charge in [-0.25, -0.2) is 13.2 Å². The lowest BCUT2D eigenvalue weighted by molar-refractivity contribution is 0.102. The van der Waals surface area contributed by atoms with Crippen molar-refractivity contribution in [3.8, 4) is 11.5 Å². The van der Waals surface area contributed by atoms with Crippen molar-refractivity contribution in [1.82, 2.24) is 0 Å². The largest absolute Gasteiger partial charge is 0.495 e. The number of nitrogens with one attached hydrogen (secondary N) is 1. The maximum atomic E-state index is 13.6. The highest BCUT2D eigenvalue weighted by molar-refractivity contribution is 9.10. The summed E-state index contributed by atoms with van der Waals surface area (Å²) in [6.07, 6.45) is 0. The van der Waals surface area contributed by atoms with Crippen LogP contribution in [0.4, 0.5) is 18.9 Å². The Morgan fingerprint density at radius 2 is 1.48 bits per heavy atom. The number of hydrogen-bond acceptors (Lipinski definition) is 3. The van der Waals surface area contributed by atoms with Crippen molar-refractivity contribution in [3.63, 3.8) is 0 Å². The smallest absolute Gasteiger partial charge is 0.256 e. The van der Waals surface area contributed by atoms with Crippen LogP contribution in [0.3, 0.4) is 0 Å². The minimum atomic E-state index is -1.34. The van der Waals surface area contributed by atoms with E-state index in [1.165, 1.54) is 26.4 Å². The van der Waals surface area contributed by atoms with Crippen LogP contribution < -0.4 is 14.8 Å². The number of ether oxygens (including phenoxy) is 2. The first kappa shape index (κ1) is 17.1. The maximum absolute atomic E-state index is 13.6. The molecule has 2 rings (SSSR count). The summed E-state index contributed by atoms with van der Waals surface area (Å²) in [6.45, 7) is 0. The first-order chi connectivity index (χ1) is 10.9. The number of carbonyl (C=O) groups excluding carboxylic acids is 1. The van der Waals surface area contributed by atoms with Crippen LogP contribution in [-0.2, 0) is 0 Å². The molecule has 4 nitrogen and oxygen atoms in total. The molecular weight excluding hydrogens is 379 g/mol. The topological polar surface area (TPSA) is 47.6 Å². The molecule has 0 aliphatic carbocycles. The molecule has 0 atom stereocenters. The molecular formula is C15H11BrF3NO3. The van der Waals surface area contributed by atoms with Crippen LogP contribution in [-0.4, -0.2) is 20.1 Å².